The summed E-state index contributed by atoms with van der Waals surface area (Å²) in [6.45, 7) is 8.08. The largest absolute Gasteiger partial charge is 0.448 e. The van der Waals surface area contributed by atoms with Crippen molar-refractivity contribution in [1.82, 2.24) is 14.4 Å². The van der Waals surface area contributed by atoms with Crippen LogP contribution in [0.2, 0.25) is 0 Å². The summed E-state index contributed by atoms with van der Waals surface area (Å²) >= 11 is 3.31. The standard InChI is InChI=1S/C16H18BrN3O3/c1-3-4-20-12-10-15(17)23-14(12)9-13(20)16(22)19-7-5-18(6-8-19)11(2)21/h3,9-10H,1,4-8H2,2H3. The van der Waals surface area contributed by atoms with Crippen LogP contribution in [-0.4, -0.2) is 52.4 Å². The molecule has 0 atom stereocenters. The third-order valence-corrected chi connectivity index (χ3v) is 4.49. The minimum absolute atomic E-state index is 0.0439. The lowest BCUT2D eigenvalue weighted by Crippen LogP contribution is -2.50. The molecule has 2 aromatic rings. The van der Waals surface area contributed by atoms with E-state index in [1.54, 1.807) is 28.9 Å². The average Bonchev–Trinajstić information content (AvgIpc) is 3.04. The quantitative estimate of drug-likeness (QED) is 0.769. The Balaban J connectivity index is 1.86. The van der Waals surface area contributed by atoms with E-state index in [9.17, 15) is 9.59 Å². The number of rotatable bonds is 3. The molecule has 0 bridgehead atoms. The van der Waals surface area contributed by atoms with Crippen molar-refractivity contribution in [2.75, 3.05) is 26.2 Å². The minimum Gasteiger partial charge on any atom is -0.448 e. The maximum absolute atomic E-state index is 12.8. The Labute approximate surface area is 142 Å². The van der Waals surface area contributed by atoms with Crippen LogP contribution >= 0.6 is 15.9 Å². The third kappa shape index (κ3) is 2.93. The Morgan fingerprint density at radius 2 is 1.91 bits per heavy atom. The first-order valence-electron chi connectivity index (χ1n) is 7.45. The van der Waals surface area contributed by atoms with Crippen LogP contribution in [-0.2, 0) is 11.3 Å². The summed E-state index contributed by atoms with van der Waals surface area (Å²) in [4.78, 5) is 27.8. The Hall–Kier alpha value is -2.02. The van der Waals surface area contributed by atoms with Gasteiger partial charge in [0, 0.05) is 51.8 Å². The maximum atomic E-state index is 12.8. The number of fused-ring (bicyclic) bond motifs is 1. The number of piperazine rings is 1. The highest BCUT2D eigenvalue weighted by molar-refractivity contribution is 9.10. The van der Waals surface area contributed by atoms with Gasteiger partial charge in [0.05, 0.1) is 5.52 Å². The summed E-state index contributed by atoms with van der Waals surface area (Å²) < 4.78 is 8.09. The van der Waals surface area contributed by atoms with Crippen molar-refractivity contribution in [2.24, 2.45) is 0 Å². The molecular formula is C16H18BrN3O3. The molecule has 0 aliphatic carbocycles. The Bertz CT molecular complexity index is 769. The van der Waals surface area contributed by atoms with Crippen LogP contribution < -0.4 is 0 Å². The molecule has 0 radical (unpaired) electrons. The van der Waals surface area contributed by atoms with Crippen molar-refractivity contribution in [3.63, 3.8) is 0 Å². The topological polar surface area (TPSA) is 58.7 Å². The molecular weight excluding hydrogens is 362 g/mol. The molecule has 3 heterocycles. The number of halogens is 1. The number of aromatic nitrogens is 1. The maximum Gasteiger partial charge on any atom is 0.270 e. The SMILES string of the molecule is C=CCn1c(C(=O)N2CCN(C(C)=O)CC2)cc2oc(Br)cc21. The summed E-state index contributed by atoms with van der Waals surface area (Å²) in [5.41, 5.74) is 2.12. The van der Waals surface area contributed by atoms with Gasteiger partial charge >= 0.3 is 0 Å². The zero-order valence-electron chi connectivity index (χ0n) is 12.9. The van der Waals surface area contributed by atoms with E-state index >= 15 is 0 Å². The molecule has 122 valence electrons. The predicted octanol–water partition coefficient (Wildman–Crippen LogP) is 2.49. The first-order chi connectivity index (χ1) is 11.0. The van der Waals surface area contributed by atoms with Crippen LogP contribution in [0.1, 0.15) is 17.4 Å². The lowest BCUT2D eigenvalue weighted by molar-refractivity contribution is -0.130. The fraction of sp³-hybridized carbons (Fsp3) is 0.375. The first-order valence-corrected chi connectivity index (χ1v) is 8.25. The van der Waals surface area contributed by atoms with E-state index in [1.807, 2.05) is 10.6 Å². The molecule has 2 aromatic heterocycles. The zero-order valence-corrected chi connectivity index (χ0v) is 14.5. The van der Waals surface area contributed by atoms with Gasteiger partial charge in [0.1, 0.15) is 5.69 Å². The number of furan rings is 1. The molecule has 2 amide bonds. The van der Waals surface area contributed by atoms with Gasteiger partial charge in [0.25, 0.3) is 5.91 Å². The van der Waals surface area contributed by atoms with Gasteiger partial charge in [0.15, 0.2) is 10.3 Å². The van der Waals surface area contributed by atoms with Gasteiger partial charge in [-0.1, -0.05) is 6.08 Å². The van der Waals surface area contributed by atoms with Crippen molar-refractivity contribution in [3.8, 4) is 0 Å². The highest BCUT2D eigenvalue weighted by Gasteiger charge is 2.26. The highest BCUT2D eigenvalue weighted by Crippen LogP contribution is 2.28. The molecule has 0 saturated carbocycles. The Morgan fingerprint density at radius 3 is 2.52 bits per heavy atom. The van der Waals surface area contributed by atoms with Crippen LogP contribution in [0.15, 0.2) is 33.9 Å². The Morgan fingerprint density at radius 1 is 1.26 bits per heavy atom. The molecule has 1 fully saturated rings. The summed E-state index contributed by atoms with van der Waals surface area (Å²) in [5, 5.41) is 0. The lowest BCUT2D eigenvalue weighted by atomic mass is 10.2. The minimum atomic E-state index is -0.0439. The van der Waals surface area contributed by atoms with E-state index in [0.717, 1.165) is 5.52 Å². The van der Waals surface area contributed by atoms with Crippen LogP contribution in [0.3, 0.4) is 0 Å². The molecule has 6 nitrogen and oxygen atoms in total. The van der Waals surface area contributed by atoms with Crippen molar-refractivity contribution in [1.29, 1.82) is 0 Å². The second kappa shape index (κ2) is 6.23. The summed E-state index contributed by atoms with van der Waals surface area (Å²) in [6, 6.07) is 3.62. The molecule has 1 aliphatic rings. The summed E-state index contributed by atoms with van der Waals surface area (Å²) in [5.74, 6) is 0.00655. The van der Waals surface area contributed by atoms with Gasteiger partial charge in [0.2, 0.25) is 5.91 Å². The van der Waals surface area contributed by atoms with E-state index in [4.69, 9.17) is 4.42 Å². The highest BCUT2D eigenvalue weighted by atomic mass is 79.9. The molecule has 0 aromatic carbocycles. The first kappa shape index (κ1) is 15.9. The fourth-order valence-electron chi connectivity index (χ4n) is 2.90. The number of allylic oxidation sites excluding steroid dienone is 1. The monoisotopic (exact) mass is 379 g/mol. The molecule has 3 rings (SSSR count). The van der Waals surface area contributed by atoms with Gasteiger partial charge in [-0.2, -0.15) is 0 Å². The van der Waals surface area contributed by atoms with Gasteiger partial charge in [-0.3, -0.25) is 9.59 Å². The number of carbonyl (C=O) groups excluding carboxylic acids is 2. The number of nitrogens with zero attached hydrogens (tertiary/aromatic N) is 3. The van der Waals surface area contributed by atoms with Gasteiger partial charge in [-0.15, -0.1) is 6.58 Å². The Kier molecular flexibility index (Phi) is 4.30. The van der Waals surface area contributed by atoms with Gasteiger partial charge in [-0.05, 0) is 15.9 Å². The van der Waals surface area contributed by atoms with Crippen molar-refractivity contribution in [2.45, 2.75) is 13.5 Å². The smallest absolute Gasteiger partial charge is 0.270 e. The van der Waals surface area contributed by atoms with Crippen molar-refractivity contribution in [3.05, 3.63) is 35.2 Å². The second-order valence-electron chi connectivity index (χ2n) is 5.53. The number of hydrogen-bond donors (Lipinski definition) is 0. The average molecular weight is 380 g/mol. The van der Waals surface area contributed by atoms with E-state index in [2.05, 4.69) is 22.5 Å². The van der Waals surface area contributed by atoms with Crippen LogP contribution in [0.5, 0.6) is 0 Å². The molecule has 1 saturated heterocycles. The summed E-state index contributed by atoms with van der Waals surface area (Å²) in [7, 11) is 0. The lowest BCUT2D eigenvalue weighted by Gasteiger charge is -2.34. The van der Waals surface area contributed by atoms with E-state index < -0.39 is 0 Å². The van der Waals surface area contributed by atoms with E-state index in [0.29, 0.717) is 48.7 Å². The van der Waals surface area contributed by atoms with Gasteiger partial charge in [-0.25, -0.2) is 0 Å². The molecule has 0 unspecified atom stereocenters. The number of amides is 2. The molecule has 23 heavy (non-hydrogen) atoms. The van der Waals surface area contributed by atoms with Gasteiger partial charge < -0.3 is 18.8 Å². The van der Waals surface area contributed by atoms with E-state index in [-0.39, 0.29) is 11.8 Å². The number of hydrogen-bond acceptors (Lipinski definition) is 3. The molecule has 0 N–H and O–H groups in total. The predicted molar refractivity (Wildman–Crippen MR) is 90.3 cm³/mol. The van der Waals surface area contributed by atoms with Crippen LogP contribution in [0.25, 0.3) is 11.1 Å². The number of carbonyl (C=O) groups is 2. The molecule has 7 heteroatoms. The summed E-state index contributed by atoms with van der Waals surface area (Å²) in [6.07, 6.45) is 1.75. The van der Waals surface area contributed by atoms with Crippen molar-refractivity contribution < 1.29 is 14.0 Å². The normalized spacial score (nSPS) is 15.2. The molecule has 1 aliphatic heterocycles. The van der Waals surface area contributed by atoms with Crippen LogP contribution in [0.4, 0.5) is 0 Å². The van der Waals surface area contributed by atoms with Crippen molar-refractivity contribution >= 4 is 38.8 Å². The second-order valence-corrected chi connectivity index (χ2v) is 6.31. The van der Waals surface area contributed by atoms with E-state index in [1.165, 1.54) is 0 Å². The zero-order chi connectivity index (χ0) is 16.6. The fourth-order valence-corrected chi connectivity index (χ4v) is 3.29. The van der Waals surface area contributed by atoms with Crippen LogP contribution in [0, 0.1) is 0 Å². The molecule has 0 spiro atoms. The third-order valence-electron chi connectivity index (χ3n) is 4.10.